The van der Waals surface area contributed by atoms with Crippen molar-refractivity contribution in [2.24, 2.45) is 5.92 Å². The zero-order chi connectivity index (χ0) is 13.7. The van der Waals surface area contributed by atoms with Gasteiger partial charge in [-0.25, -0.2) is 0 Å². The van der Waals surface area contributed by atoms with Gasteiger partial charge in [-0.05, 0) is 31.0 Å². The average molecular weight is 258 g/mol. The van der Waals surface area contributed by atoms with Crippen LogP contribution < -0.4 is 5.32 Å². The van der Waals surface area contributed by atoms with E-state index in [9.17, 15) is 4.79 Å². The van der Waals surface area contributed by atoms with E-state index >= 15 is 0 Å². The molecule has 1 amide bonds. The summed E-state index contributed by atoms with van der Waals surface area (Å²) in [6.45, 7) is 3.55. The summed E-state index contributed by atoms with van der Waals surface area (Å²) in [6, 6.07) is 9.32. The van der Waals surface area contributed by atoms with Crippen LogP contribution in [0.2, 0.25) is 0 Å². The van der Waals surface area contributed by atoms with E-state index in [0.29, 0.717) is 17.9 Å². The summed E-state index contributed by atoms with van der Waals surface area (Å²) in [7, 11) is 0. The fraction of sp³-hybridized carbons (Fsp3) is 0.467. The Bertz CT molecular complexity index is 470. The highest BCUT2D eigenvalue weighted by molar-refractivity contribution is 5.78. The van der Waals surface area contributed by atoms with Crippen LogP contribution in [0.15, 0.2) is 24.3 Å². The first-order valence-corrected chi connectivity index (χ1v) is 6.55. The van der Waals surface area contributed by atoms with E-state index < -0.39 is 0 Å². The van der Waals surface area contributed by atoms with Crippen molar-refractivity contribution in [2.75, 3.05) is 13.2 Å². The molecule has 4 nitrogen and oxygen atoms in total. The highest BCUT2D eigenvalue weighted by atomic mass is 16.5. The lowest BCUT2D eigenvalue weighted by atomic mass is 10.0. The van der Waals surface area contributed by atoms with Gasteiger partial charge in [-0.15, -0.1) is 0 Å². The third kappa shape index (κ3) is 3.80. The molecule has 1 N–H and O–H groups in total. The smallest absolute Gasteiger partial charge is 0.224 e. The Morgan fingerprint density at radius 3 is 2.84 bits per heavy atom. The molecule has 0 spiro atoms. The first-order chi connectivity index (χ1) is 9.19. The number of ether oxygens (including phenoxy) is 1. The predicted octanol–water partition coefficient (Wildman–Crippen LogP) is 1.64. The van der Waals surface area contributed by atoms with Gasteiger partial charge in [0.1, 0.15) is 0 Å². The zero-order valence-electron chi connectivity index (χ0n) is 11.1. The molecule has 0 bridgehead atoms. The number of carbonyl (C=O) groups is 1. The minimum absolute atomic E-state index is 0.0177. The van der Waals surface area contributed by atoms with E-state index in [-0.39, 0.29) is 11.9 Å². The minimum atomic E-state index is 0.0177. The van der Waals surface area contributed by atoms with Crippen molar-refractivity contribution in [3.05, 3.63) is 35.4 Å². The number of rotatable bonds is 4. The van der Waals surface area contributed by atoms with Crippen LogP contribution in [0.5, 0.6) is 0 Å². The second-order valence-corrected chi connectivity index (χ2v) is 4.97. The van der Waals surface area contributed by atoms with Gasteiger partial charge in [0.25, 0.3) is 0 Å². The van der Waals surface area contributed by atoms with E-state index in [1.165, 1.54) is 0 Å². The van der Waals surface area contributed by atoms with Gasteiger partial charge in [0.15, 0.2) is 0 Å². The molecular formula is C15H18N2O2. The van der Waals surface area contributed by atoms with Gasteiger partial charge in [-0.1, -0.05) is 12.1 Å². The molecule has 1 saturated heterocycles. The highest BCUT2D eigenvalue weighted by Crippen LogP contribution is 2.16. The van der Waals surface area contributed by atoms with E-state index in [1.807, 2.05) is 19.1 Å². The van der Waals surface area contributed by atoms with Gasteiger partial charge in [-0.2, -0.15) is 5.26 Å². The number of hydrogen-bond acceptors (Lipinski definition) is 3. The van der Waals surface area contributed by atoms with Crippen molar-refractivity contribution in [1.82, 2.24) is 5.32 Å². The number of amides is 1. The van der Waals surface area contributed by atoms with E-state index in [2.05, 4.69) is 11.4 Å². The summed E-state index contributed by atoms with van der Waals surface area (Å²) < 4.78 is 5.32. The van der Waals surface area contributed by atoms with Crippen molar-refractivity contribution >= 4 is 5.91 Å². The second-order valence-electron chi connectivity index (χ2n) is 4.97. The van der Waals surface area contributed by atoms with Crippen molar-refractivity contribution < 1.29 is 9.53 Å². The minimum Gasteiger partial charge on any atom is -0.381 e. The van der Waals surface area contributed by atoms with E-state index in [1.54, 1.807) is 12.1 Å². The largest absolute Gasteiger partial charge is 0.381 e. The van der Waals surface area contributed by atoms with Gasteiger partial charge in [-0.3, -0.25) is 4.79 Å². The van der Waals surface area contributed by atoms with Crippen molar-refractivity contribution in [3.8, 4) is 6.07 Å². The standard InChI is InChI=1S/C15H18N2O2/c1-11(14-6-7-19-10-14)17-15(18)8-12-2-4-13(9-16)5-3-12/h2-5,11,14H,6-8,10H2,1H3,(H,17,18). The molecule has 4 heteroatoms. The number of nitrogens with one attached hydrogen (secondary N) is 1. The third-order valence-corrected chi connectivity index (χ3v) is 3.51. The molecule has 2 atom stereocenters. The molecule has 19 heavy (non-hydrogen) atoms. The molecule has 2 unspecified atom stereocenters. The summed E-state index contributed by atoms with van der Waals surface area (Å²) in [4.78, 5) is 11.9. The molecule has 1 fully saturated rings. The van der Waals surface area contributed by atoms with Crippen molar-refractivity contribution in [2.45, 2.75) is 25.8 Å². The maximum atomic E-state index is 11.9. The number of benzene rings is 1. The summed E-state index contributed by atoms with van der Waals surface area (Å²) in [5, 5.41) is 11.7. The van der Waals surface area contributed by atoms with Crippen LogP contribution in [0.1, 0.15) is 24.5 Å². The van der Waals surface area contributed by atoms with Crippen LogP contribution in [0.25, 0.3) is 0 Å². The quantitative estimate of drug-likeness (QED) is 0.893. The number of nitrogens with zero attached hydrogens (tertiary/aromatic N) is 1. The highest BCUT2D eigenvalue weighted by Gasteiger charge is 2.23. The number of hydrogen-bond donors (Lipinski definition) is 1. The third-order valence-electron chi connectivity index (χ3n) is 3.51. The summed E-state index contributed by atoms with van der Waals surface area (Å²) in [5.41, 5.74) is 1.53. The molecule has 1 aliphatic heterocycles. The summed E-state index contributed by atoms with van der Waals surface area (Å²) in [5.74, 6) is 0.439. The van der Waals surface area contributed by atoms with Crippen LogP contribution in [0, 0.1) is 17.2 Å². The normalized spacial score (nSPS) is 19.7. The molecular weight excluding hydrogens is 240 g/mol. The van der Waals surface area contributed by atoms with E-state index in [0.717, 1.165) is 25.2 Å². The Hall–Kier alpha value is -1.86. The lowest BCUT2D eigenvalue weighted by Gasteiger charge is -2.19. The monoisotopic (exact) mass is 258 g/mol. The maximum absolute atomic E-state index is 11.9. The molecule has 2 rings (SSSR count). The Labute approximate surface area is 113 Å². The Balaban J connectivity index is 1.84. The van der Waals surface area contributed by atoms with Crippen molar-refractivity contribution in [3.63, 3.8) is 0 Å². The zero-order valence-corrected chi connectivity index (χ0v) is 11.1. The van der Waals surface area contributed by atoms with Crippen LogP contribution in [0.4, 0.5) is 0 Å². The predicted molar refractivity (Wildman–Crippen MR) is 71.4 cm³/mol. The van der Waals surface area contributed by atoms with Crippen LogP contribution in [0.3, 0.4) is 0 Å². The fourth-order valence-corrected chi connectivity index (χ4v) is 2.25. The lowest BCUT2D eigenvalue weighted by molar-refractivity contribution is -0.121. The molecule has 1 heterocycles. The van der Waals surface area contributed by atoms with Gasteiger partial charge >= 0.3 is 0 Å². The molecule has 0 aliphatic carbocycles. The molecule has 0 radical (unpaired) electrons. The van der Waals surface area contributed by atoms with Crippen LogP contribution in [-0.4, -0.2) is 25.2 Å². The topological polar surface area (TPSA) is 62.1 Å². The first kappa shape index (κ1) is 13.6. The number of nitriles is 1. The summed E-state index contributed by atoms with van der Waals surface area (Å²) >= 11 is 0. The molecule has 1 aromatic carbocycles. The maximum Gasteiger partial charge on any atom is 0.224 e. The average Bonchev–Trinajstić information content (AvgIpc) is 2.93. The molecule has 100 valence electrons. The number of carbonyl (C=O) groups excluding carboxylic acids is 1. The van der Waals surface area contributed by atoms with Gasteiger partial charge in [0, 0.05) is 18.6 Å². The van der Waals surface area contributed by atoms with Gasteiger partial charge in [0.2, 0.25) is 5.91 Å². The Morgan fingerprint density at radius 2 is 2.26 bits per heavy atom. The van der Waals surface area contributed by atoms with Gasteiger partial charge in [0.05, 0.1) is 24.7 Å². The Kier molecular flexibility index (Phi) is 4.53. The molecule has 0 aromatic heterocycles. The molecule has 0 saturated carbocycles. The van der Waals surface area contributed by atoms with Crippen LogP contribution in [-0.2, 0) is 16.0 Å². The summed E-state index contributed by atoms with van der Waals surface area (Å²) in [6.07, 6.45) is 1.36. The van der Waals surface area contributed by atoms with Crippen molar-refractivity contribution in [1.29, 1.82) is 5.26 Å². The van der Waals surface area contributed by atoms with Gasteiger partial charge < -0.3 is 10.1 Å². The van der Waals surface area contributed by atoms with E-state index in [4.69, 9.17) is 10.00 Å². The van der Waals surface area contributed by atoms with Crippen LogP contribution >= 0.6 is 0 Å². The first-order valence-electron chi connectivity index (χ1n) is 6.55. The SMILES string of the molecule is CC(NC(=O)Cc1ccc(C#N)cc1)C1CCOC1. The molecule has 1 aliphatic rings. The Morgan fingerprint density at radius 1 is 1.53 bits per heavy atom. The second kappa shape index (κ2) is 6.35. The molecule has 1 aromatic rings. The lowest BCUT2D eigenvalue weighted by Crippen LogP contribution is -2.39. The fourth-order valence-electron chi connectivity index (χ4n) is 2.25.